The molecule has 0 unspecified atom stereocenters. The van der Waals surface area contributed by atoms with Gasteiger partial charge in [0, 0.05) is 17.8 Å². The molecule has 3 nitrogen and oxygen atoms in total. The van der Waals surface area contributed by atoms with Crippen molar-refractivity contribution >= 4 is 23.2 Å². The first-order chi connectivity index (χ1) is 6.15. The average Bonchev–Trinajstić information content (AvgIpc) is 2.15. The van der Waals surface area contributed by atoms with E-state index in [1.165, 1.54) is 4.90 Å². The summed E-state index contributed by atoms with van der Waals surface area (Å²) in [5, 5.41) is 0.606. The Morgan fingerprint density at radius 3 is 2.85 bits per heavy atom. The number of benzene rings is 1. The molecule has 0 aliphatic carbocycles. The Labute approximate surface area is 82.1 Å². The highest BCUT2D eigenvalue weighted by molar-refractivity contribution is 6.30. The maximum absolute atomic E-state index is 11.2. The number of amides is 1. The minimum absolute atomic E-state index is 0.00299. The van der Waals surface area contributed by atoms with E-state index in [1.54, 1.807) is 31.3 Å². The molecule has 0 saturated heterocycles. The molecule has 1 aromatic carbocycles. The number of hydrogen-bond acceptors (Lipinski definition) is 2. The number of hydrogen-bond donors (Lipinski definition) is 1. The summed E-state index contributed by atoms with van der Waals surface area (Å²) in [5.74, 6) is -0.137. The van der Waals surface area contributed by atoms with Gasteiger partial charge in [-0.3, -0.25) is 4.79 Å². The average molecular weight is 199 g/mol. The van der Waals surface area contributed by atoms with Crippen LogP contribution in [0.2, 0.25) is 5.02 Å². The number of carbonyl (C=O) groups excluding carboxylic acids is 1. The molecular weight excluding hydrogens is 188 g/mol. The van der Waals surface area contributed by atoms with E-state index in [0.29, 0.717) is 5.02 Å². The van der Waals surface area contributed by atoms with Gasteiger partial charge < -0.3 is 10.6 Å². The van der Waals surface area contributed by atoms with Crippen LogP contribution in [-0.2, 0) is 4.79 Å². The molecule has 13 heavy (non-hydrogen) atoms. The van der Waals surface area contributed by atoms with Crippen LogP contribution in [0.3, 0.4) is 0 Å². The molecule has 0 saturated carbocycles. The highest BCUT2D eigenvalue weighted by atomic mass is 35.5. The van der Waals surface area contributed by atoms with Crippen LogP contribution in [0.5, 0.6) is 0 Å². The molecule has 0 radical (unpaired) electrons. The number of halogens is 1. The van der Waals surface area contributed by atoms with E-state index >= 15 is 0 Å². The summed E-state index contributed by atoms with van der Waals surface area (Å²) in [4.78, 5) is 12.7. The van der Waals surface area contributed by atoms with Crippen molar-refractivity contribution in [2.75, 3.05) is 18.5 Å². The monoisotopic (exact) mass is 198 g/mol. The lowest BCUT2D eigenvalue weighted by atomic mass is 10.3. The summed E-state index contributed by atoms with van der Waals surface area (Å²) in [6, 6.07) is 7.07. The van der Waals surface area contributed by atoms with Crippen molar-refractivity contribution < 1.29 is 4.79 Å². The fraction of sp³-hybridized carbons (Fsp3) is 0.222. The molecule has 0 aliphatic heterocycles. The van der Waals surface area contributed by atoms with Crippen LogP contribution in [0.15, 0.2) is 24.3 Å². The topological polar surface area (TPSA) is 46.3 Å². The van der Waals surface area contributed by atoms with Gasteiger partial charge in [-0.25, -0.2) is 0 Å². The van der Waals surface area contributed by atoms with Gasteiger partial charge in [0.15, 0.2) is 0 Å². The molecule has 4 heteroatoms. The lowest BCUT2D eigenvalue weighted by molar-refractivity contribution is -0.117. The lowest BCUT2D eigenvalue weighted by Crippen LogP contribution is -2.32. The van der Waals surface area contributed by atoms with Gasteiger partial charge in [0.25, 0.3) is 0 Å². The molecule has 70 valence electrons. The number of likely N-dealkylation sites (N-methyl/N-ethyl adjacent to an activating group) is 1. The SMILES string of the molecule is CN(C(=O)CN)c1cccc(Cl)c1. The smallest absolute Gasteiger partial charge is 0.240 e. The van der Waals surface area contributed by atoms with Crippen LogP contribution in [0.4, 0.5) is 5.69 Å². The van der Waals surface area contributed by atoms with E-state index in [0.717, 1.165) is 5.69 Å². The quantitative estimate of drug-likeness (QED) is 0.778. The molecule has 0 aliphatic rings. The fourth-order valence-corrected chi connectivity index (χ4v) is 1.15. The van der Waals surface area contributed by atoms with Crippen LogP contribution in [0.25, 0.3) is 0 Å². The maximum atomic E-state index is 11.2. The van der Waals surface area contributed by atoms with Crippen molar-refractivity contribution in [3.05, 3.63) is 29.3 Å². The van der Waals surface area contributed by atoms with Crippen molar-refractivity contribution in [2.24, 2.45) is 5.73 Å². The van der Waals surface area contributed by atoms with Gasteiger partial charge in [-0.15, -0.1) is 0 Å². The molecule has 0 atom stereocenters. The maximum Gasteiger partial charge on any atom is 0.240 e. The molecule has 0 fully saturated rings. The van der Waals surface area contributed by atoms with Crippen LogP contribution in [0, 0.1) is 0 Å². The minimum Gasteiger partial charge on any atom is -0.322 e. The minimum atomic E-state index is -0.137. The van der Waals surface area contributed by atoms with Crippen molar-refractivity contribution in [3.63, 3.8) is 0 Å². The summed E-state index contributed by atoms with van der Waals surface area (Å²) < 4.78 is 0. The molecule has 1 rings (SSSR count). The summed E-state index contributed by atoms with van der Waals surface area (Å²) in [7, 11) is 1.67. The van der Waals surface area contributed by atoms with Gasteiger partial charge in [-0.05, 0) is 18.2 Å². The van der Waals surface area contributed by atoms with E-state index in [1.807, 2.05) is 0 Å². The standard InChI is InChI=1S/C9H11ClN2O/c1-12(9(13)6-11)8-4-2-3-7(10)5-8/h2-5H,6,11H2,1H3. The molecule has 0 bridgehead atoms. The van der Waals surface area contributed by atoms with Crippen LogP contribution in [-0.4, -0.2) is 19.5 Å². The summed E-state index contributed by atoms with van der Waals surface area (Å²) in [6.07, 6.45) is 0. The Hall–Kier alpha value is -1.06. The summed E-state index contributed by atoms with van der Waals surface area (Å²) in [5.41, 5.74) is 5.98. The summed E-state index contributed by atoms with van der Waals surface area (Å²) in [6.45, 7) is 0.00299. The van der Waals surface area contributed by atoms with E-state index in [-0.39, 0.29) is 12.5 Å². The second-order valence-electron chi connectivity index (χ2n) is 2.64. The van der Waals surface area contributed by atoms with Gasteiger partial charge in [0.2, 0.25) is 5.91 Å². The predicted octanol–water partition coefficient (Wildman–Crippen LogP) is 1.26. The van der Waals surface area contributed by atoms with Crippen molar-refractivity contribution in [1.29, 1.82) is 0 Å². The molecule has 1 amide bonds. The number of nitrogens with two attached hydrogens (primary N) is 1. The van der Waals surface area contributed by atoms with Gasteiger partial charge in [-0.2, -0.15) is 0 Å². The molecule has 0 heterocycles. The highest BCUT2D eigenvalue weighted by Crippen LogP contribution is 2.17. The number of rotatable bonds is 2. The molecule has 2 N–H and O–H groups in total. The third-order valence-electron chi connectivity index (χ3n) is 1.74. The van der Waals surface area contributed by atoms with Gasteiger partial charge >= 0.3 is 0 Å². The zero-order valence-corrected chi connectivity index (χ0v) is 8.08. The van der Waals surface area contributed by atoms with E-state index in [9.17, 15) is 4.79 Å². The Balaban J connectivity index is 2.88. The van der Waals surface area contributed by atoms with Crippen molar-refractivity contribution in [3.8, 4) is 0 Å². The van der Waals surface area contributed by atoms with Gasteiger partial charge in [-0.1, -0.05) is 17.7 Å². The molecule has 0 aromatic heterocycles. The zero-order chi connectivity index (χ0) is 9.84. The van der Waals surface area contributed by atoms with Crippen LogP contribution < -0.4 is 10.6 Å². The Morgan fingerprint density at radius 1 is 1.62 bits per heavy atom. The lowest BCUT2D eigenvalue weighted by Gasteiger charge is -2.16. The summed E-state index contributed by atoms with van der Waals surface area (Å²) >= 11 is 5.77. The highest BCUT2D eigenvalue weighted by Gasteiger charge is 2.07. The second kappa shape index (κ2) is 4.25. The van der Waals surface area contributed by atoms with Crippen molar-refractivity contribution in [1.82, 2.24) is 0 Å². The Kier molecular flexibility index (Phi) is 3.28. The molecule has 1 aromatic rings. The fourth-order valence-electron chi connectivity index (χ4n) is 0.966. The Morgan fingerprint density at radius 2 is 2.31 bits per heavy atom. The van der Waals surface area contributed by atoms with Crippen LogP contribution >= 0.6 is 11.6 Å². The Bertz CT molecular complexity index is 314. The van der Waals surface area contributed by atoms with E-state index < -0.39 is 0 Å². The second-order valence-corrected chi connectivity index (χ2v) is 3.07. The third-order valence-corrected chi connectivity index (χ3v) is 1.98. The first kappa shape index (κ1) is 10.0. The normalized spacial score (nSPS) is 9.77. The van der Waals surface area contributed by atoms with Gasteiger partial charge in [0.05, 0.1) is 6.54 Å². The number of nitrogens with zero attached hydrogens (tertiary/aromatic N) is 1. The first-order valence-corrected chi connectivity index (χ1v) is 4.25. The van der Waals surface area contributed by atoms with Gasteiger partial charge in [0.1, 0.15) is 0 Å². The van der Waals surface area contributed by atoms with E-state index in [2.05, 4.69) is 0 Å². The van der Waals surface area contributed by atoms with Crippen LogP contribution in [0.1, 0.15) is 0 Å². The largest absolute Gasteiger partial charge is 0.322 e. The predicted molar refractivity (Wildman–Crippen MR) is 53.9 cm³/mol. The molecule has 0 spiro atoms. The third kappa shape index (κ3) is 2.44. The first-order valence-electron chi connectivity index (χ1n) is 3.87. The van der Waals surface area contributed by atoms with E-state index in [4.69, 9.17) is 17.3 Å². The number of carbonyl (C=O) groups is 1. The van der Waals surface area contributed by atoms with Crippen molar-refractivity contribution in [2.45, 2.75) is 0 Å². The molecular formula is C9H11ClN2O. The number of anilines is 1. The zero-order valence-electron chi connectivity index (χ0n) is 7.33.